The number of hydrogen-bond acceptors (Lipinski definition) is 5. The van der Waals surface area contributed by atoms with E-state index < -0.39 is 10.0 Å². The molecule has 0 radical (unpaired) electrons. The van der Waals surface area contributed by atoms with Gasteiger partial charge in [-0.15, -0.1) is 0 Å². The van der Waals surface area contributed by atoms with Gasteiger partial charge in [-0.2, -0.15) is 0 Å². The SMILES string of the molecule is CCOc1ccc(CCNS(=O)(=O)c2ccc3c(c2)CCCC(=O)N3)cc1OCC. The normalized spacial score (nSPS) is 13.9. The van der Waals surface area contributed by atoms with Crippen LogP contribution in [-0.2, 0) is 27.7 Å². The van der Waals surface area contributed by atoms with Crippen molar-refractivity contribution in [3.8, 4) is 11.5 Å². The van der Waals surface area contributed by atoms with Crippen LogP contribution < -0.4 is 19.5 Å². The third-order valence-electron chi connectivity index (χ3n) is 4.82. The van der Waals surface area contributed by atoms with Crippen molar-refractivity contribution in [2.24, 2.45) is 0 Å². The van der Waals surface area contributed by atoms with E-state index in [4.69, 9.17) is 9.47 Å². The lowest BCUT2D eigenvalue weighted by molar-refractivity contribution is -0.116. The highest BCUT2D eigenvalue weighted by Crippen LogP contribution is 2.29. The van der Waals surface area contributed by atoms with E-state index >= 15 is 0 Å². The molecule has 1 amide bonds. The van der Waals surface area contributed by atoms with Gasteiger partial charge in [-0.1, -0.05) is 6.07 Å². The summed E-state index contributed by atoms with van der Waals surface area (Å²) in [4.78, 5) is 11.9. The highest BCUT2D eigenvalue weighted by molar-refractivity contribution is 7.89. The van der Waals surface area contributed by atoms with Crippen molar-refractivity contribution in [3.05, 3.63) is 47.5 Å². The molecular formula is C22H28N2O5S. The molecule has 0 atom stereocenters. The van der Waals surface area contributed by atoms with Gasteiger partial charge < -0.3 is 14.8 Å². The first-order chi connectivity index (χ1) is 14.4. The molecule has 3 rings (SSSR count). The third-order valence-corrected chi connectivity index (χ3v) is 6.28. The summed E-state index contributed by atoms with van der Waals surface area (Å²) in [5, 5.41) is 2.82. The zero-order valence-corrected chi connectivity index (χ0v) is 18.2. The number of benzene rings is 2. The minimum absolute atomic E-state index is 0.0377. The Bertz CT molecular complexity index is 1000. The van der Waals surface area contributed by atoms with Gasteiger partial charge in [0.15, 0.2) is 11.5 Å². The molecule has 0 aliphatic carbocycles. The van der Waals surface area contributed by atoms with E-state index in [1.54, 1.807) is 12.1 Å². The van der Waals surface area contributed by atoms with Gasteiger partial charge in [-0.3, -0.25) is 4.79 Å². The summed E-state index contributed by atoms with van der Waals surface area (Å²) in [5.74, 6) is 1.30. The number of fused-ring (bicyclic) bond motifs is 1. The fourth-order valence-corrected chi connectivity index (χ4v) is 4.46. The summed E-state index contributed by atoms with van der Waals surface area (Å²) in [6.07, 6.45) is 2.34. The zero-order chi connectivity index (χ0) is 21.6. The number of amides is 1. The van der Waals surface area contributed by atoms with Gasteiger partial charge in [0, 0.05) is 18.7 Å². The van der Waals surface area contributed by atoms with Crippen LogP contribution in [0.25, 0.3) is 0 Å². The Morgan fingerprint density at radius 1 is 1.00 bits per heavy atom. The summed E-state index contributed by atoms with van der Waals surface area (Å²) in [5.41, 5.74) is 2.49. The Balaban J connectivity index is 1.66. The van der Waals surface area contributed by atoms with E-state index in [0.29, 0.717) is 56.1 Å². The van der Waals surface area contributed by atoms with Crippen molar-refractivity contribution < 1.29 is 22.7 Å². The lowest BCUT2D eigenvalue weighted by Crippen LogP contribution is -2.26. The number of anilines is 1. The van der Waals surface area contributed by atoms with E-state index in [0.717, 1.165) is 11.1 Å². The lowest BCUT2D eigenvalue weighted by atomic mass is 10.1. The summed E-state index contributed by atoms with van der Waals surface area (Å²) >= 11 is 0. The Morgan fingerprint density at radius 3 is 2.53 bits per heavy atom. The van der Waals surface area contributed by atoms with Gasteiger partial charge in [-0.25, -0.2) is 13.1 Å². The van der Waals surface area contributed by atoms with E-state index in [9.17, 15) is 13.2 Å². The summed E-state index contributed by atoms with van der Waals surface area (Å²) in [6.45, 7) is 5.14. The van der Waals surface area contributed by atoms with Gasteiger partial charge in [0.05, 0.1) is 18.1 Å². The maximum atomic E-state index is 12.7. The standard InChI is InChI=1S/C22H28N2O5S/c1-3-28-20-11-8-16(14-21(20)29-4-2)12-13-23-30(26,27)18-9-10-19-17(15-18)6-5-7-22(25)24-19/h8-11,14-15,23H,3-7,12-13H2,1-2H3,(H,24,25). The van der Waals surface area contributed by atoms with Crippen LogP contribution in [-0.4, -0.2) is 34.1 Å². The number of rotatable bonds is 9. The van der Waals surface area contributed by atoms with Gasteiger partial charge >= 0.3 is 0 Å². The average molecular weight is 433 g/mol. The molecule has 1 aliphatic heterocycles. The number of sulfonamides is 1. The summed E-state index contributed by atoms with van der Waals surface area (Å²) in [7, 11) is -3.65. The molecule has 1 heterocycles. The second kappa shape index (κ2) is 9.95. The topological polar surface area (TPSA) is 93.7 Å². The van der Waals surface area contributed by atoms with Gasteiger partial charge in [-0.05, 0) is 74.6 Å². The van der Waals surface area contributed by atoms with Crippen molar-refractivity contribution in [2.75, 3.05) is 25.1 Å². The monoisotopic (exact) mass is 432 g/mol. The lowest BCUT2D eigenvalue weighted by Gasteiger charge is -2.13. The van der Waals surface area contributed by atoms with Crippen molar-refractivity contribution in [2.45, 2.75) is 44.4 Å². The minimum atomic E-state index is -3.65. The number of carbonyl (C=O) groups excluding carboxylic acids is 1. The molecular weight excluding hydrogens is 404 g/mol. The van der Waals surface area contributed by atoms with Crippen molar-refractivity contribution in [1.29, 1.82) is 0 Å². The van der Waals surface area contributed by atoms with Gasteiger partial charge in [0.25, 0.3) is 0 Å². The second-order valence-corrected chi connectivity index (χ2v) is 8.78. The predicted molar refractivity (Wildman–Crippen MR) is 116 cm³/mol. The van der Waals surface area contributed by atoms with Crippen LogP contribution in [0.4, 0.5) is 5.69 Å². The summed E-state index contributed by atoms with van der Waals surface area (Å²) < 4.78 is 39.3. The molecule has 2 aromatic rings. The molecule has 0 spiro atoms. The molecule has 0 saturated heterocycles. The van der Waals surface area contributed by atoms with Crippen molar-refractivity contribution in [3.63, 3.8) is 0 Å². The van der Waals surface area contributed by atoms with Crippen LogP contribution >= 0.6 is 0 Å². The Hall–Kier alpha value is -2.58. The first-order valence-electron chi connectivity index (χ1n) is 10.2. The molecule has 0 aromatic heterocycles. The molecule has 0 saturated carbocycles. The minimum Gasteiger partial charge on any atom is -0.490 e. The Morgan fingerprint density at radius 2 is 1.77 bits per heavy atom. The molecule has 0 fully saturated rings. The van der Waals surface area contributed by atoms with E-state index in [-0.39, 0.29) is 17.3 Å². The first-order valence-corrected chi connectivity index (χ1v) is 11.7. The quantitative estimate of drug-likeness (QED) is 0.634. The third kappa shape index (κ3) is 5.52. The molecule has 0 unspecified atom stereocenters. The number of nitrogens with one attached hydrogen (secondary N) is 2. The van der Waals surface area contributed by atoms with Gasteiger partial charge in [0.2, 0.25) is 15.9 Å². The fourth-order valence-electron chi connectivity index (χ4n) is 3.38. The smallest absolute Gasteiger partial charge is 0.240 e. The first kappa shape index (κ1) is 22.1. The molecule has 0 bridgehead atoms. The van der Waals surface area contributed by atoms with Crippen molar-refractivity contribution >= 4 is 21.6 Å². The molecule has 1 aliphatic rings. The van der Waals surface area contributed by atoms with Crippen LogP contribution in [0, 0.1) is 0 Å². The zero-order valence-electron chi connectivity index (χ0n) is 17.4. The highest BCUT2D eigenvalue weighted by Gasteiger charge is 2.18. The molecule has 7 nitrogen and oxygen atoms in total. The number of carbonyl (C=O) groups is 1. The van der Waals surface area contributed by atoms with Crippen LogP contribution in [0.2, 0.25) is 0 Å². The summed E-state index contributed by atoms with van der Waals surface area (Å²) in [6, 6.07) is 10.5. The number of aryl methyl sites for hydroxylation is 1. The molecule has 30 heavy (non-hydrogen) atoms. The molecule has 2 N–H and O–H groups in total. The van der Waals surface area contributed by atoms with Crippen LogP contribution in [0.15, 0.2) is 41.3 Å². The van der Waals surface area contributed by atoms with E-state index in [1.807, 2.05) is 32.0 Å². The van der Waals surface area contributed by atoms with E-state index in [1.165, 1.54) is 6.07 Å². The maximum absolute atomic E-state index is 12.7. The number of ether oxygens (including phenoxy) is 2. The second-order valence-electron chi connectivity index (χ2n) is 7.02. The van der Waals surface area contributed by atoms with Crippen LogP contribution in [0.5, 0.6) is 11.5 Å². The molecule has 2 aromatic carbocycles. The highest BCUT2D eigenvalue weighted by atomic mass is 32.2. The van der Waals surface area contributed by atoms with Crippen LogP contribution in [0.3, 0.4) is 0 Å². The Labute approximate surface area is 177 Å². The Kier molecular flexibility index (Phi) is 7.33. The molecule has 162 valence electrons. The largest absolute Gasteiger partial charge is 0.490 e. The molecule has 8 heteroatoms. The van der Waals surface area contributed by atoms with Crippen molar-refractivity contribution in [1.82, 2.24) is 4.72 Å². The van der Waals surface area contributed by atoms with Crippen LogP contribution in [0.1, 0.15) is 37.8 Å². The average Bonchev–Trinajstić information content (AvgIpc) is 2.90. The van der Waals surface area contributed by atoms with E-state index in [2.05, 4.69) is 10.0 Å². The maximum Gasteiger partial charge on any atom is 0.240 e. The predicted octanol–water partition coefficient (Wildman–Crippen LogP) is 3.28. The fraction of sp³-hybridized carbons (Fsp3) is 0.409. The number of hydrogen-bond donors (Lipinski definition) is 2. The van der Waals surface area contributed by atoms with Gasteiger partial charge in [0.1, 0.15) is 0 Å².